The second kappa shape index (κ2) is 11.1. The van der Waals surface area contributed by atoms with Crippen LogP contribution < -0.4 is 15.8 Å². The Morgan fingerprint density at radius 2 is 2.06 bits per heavy atom. The van der Waals surface area contributed by atoms with Gasteiger partial charge in [-0.15, -0.1) is 0 Å². The first-order chi connectivity index (χ1) is 16.9. The second-order valence-electron chi connectivity index (χ2n) is 9.55. The number of hydrogen-bond acceptors (Lipinski definition) is 6. The number of anilines is 1. The Balaban J connectivity index is 1.65. The van der Waals surface area contributed by atoms with Crippen molar-refractivity contribution >= 4 is 17.3 Å². The molecule has 8 nitrogen and oxygen atoms in total. The highest BCUT2D eigenvalue weighted by atomic mass is 16.6. The molecule has 2 heterocycles. The highest BCUT2D eigenvalue weighted by Crippen LogP contribution is 2.39. The first-order valence-corrected chi connectivity index (χ1v) is 12.6. The van der Waals surface area contributed by atoms with Crippen molar-refractivity contribution in [3.8, 4) is 17.0 Å². The van der Waals surface area contributed by atoms with E-state index >= 15 is 0 Å². The molecule has 188 valence electrons. The first kappa shape index (κ1) is 25.0. The minimum Gasteiger partial charge on any atom is -0.495 e. The number of nitrogens with one attached hydrogen (secondary N) is 1. The molecule has 0 aliphatic heterocycles. The van der Waals surface area contributed by atoms with Gasteiger partial charge in [-0.1, -0.05) is 19.4 Å². The number of hydrogen-bond donors (Lipinski definition) is 2. The number of nitrogens with zero attached hydrogens (tertiary/aromatic N) is 3. The zero-order valence-corrected chi connectivity index (χ0v) is 21.2. The molecule has 8 heteroatoms. The Hall–Kier alpha value is -3.13. The van der Waals surface area contributed by atoms with E-state index in [4.69, 9.17) is 20.2 Å². The van der Waals surface area contributed by atoms with E-state index in [1.807, 2.05) is 44.4 Å². The molecule has 0 saturated heterocycles. The van der Waals surface area contributed by atoms with Crippen LogP contribution in [-0.4, -0.2) is 40.2 Å². The van der Waals surface area contributed by atoms with E-state index in [0.717, 1.165) is 73.4 Å². The van der Waals surface area contributed by atoms with Crippen molar-refractivity contribution in [2.45, 2.75) is 71.3 Å². The van der Waals surface area contributed by atoms with Crippen molar-refractivity contribution in [2.24, 2.45) is 11.7 Å². The quantitative estimate of drug-likeness (QED) is 0.431. The van der Waals surface area contributed by atoms with Gasteiger partial charge in [0.05, 0.1) is 29.7 Å². The molecule has 0 bridgehead atoms. The summed E-state index contributed by atoms with van der Waals surface area (Å²) in [7, 11) is 1.59. The fraction of sp³-hybridized carbons (Fsp3) is 0.519. The summed E-state index contributed by atoms with van der Waals surface area (Å²) in [5, 5.41) is 2.81. The zero-order chi connectivity index (χ0) is 24.9. The normalized spacial score (nSPS) is 18.9. The van der Waals surface area contributed by atoms with Crippen LogP contribution in [0.3, 0.4) is 0 Å². The molecular weight excluding hydrogens is 442 g/mol. The van der Waals surface area contributed by atoms with Crippen LogP contribution in [0.5, 0.6) is 5.75 Å². The molecule has 35 heavy (non-hydrogen) atoms. The van der Waals surface area contributed by atoms with E-state index in [1.165, 1.54) is 0 Å². The number of ether oxygens (including phenoxy) is 2. The topological polar surface area (TPSA) is 104 Å². The molecule has 1 fully saturated rings. The smallest absolute Gasteiger partial charge is 0.412 e. The van der Waals surface area contributed by atoms with Crippen LogP contribution in [0.2, 0.25) is 0 Å². The van der Waals surface area contributed by atoms with Gasteiger partial charge in [0.25, 0.3) is 0 Å². The molecule has 0 spiro atoms. The summed E-state index contributed by atoms with van der Waals surface area (Å²) in [5.41, 5.74) is 10.2. The van der Waals surface area contributed by atoms with E-state index < -0.39 is 6.09 Å². The van der Waals surface area contributed by atoms with Crippen molar-refractivity contribution in [2.75, 3.05) is 19.0 Å². The lowest BCUT2D eigenvalue weighted by molar-refractivity contribution is 0.115. The number of benzene rings is 1. The van der Waals surface area contributed by atoms with E-state index in [0.29, 0.717) is 23.3 Å². The number of aryl methyl sites for hydroxylation is 1. The third-order valence-electron chi connectivity index (χ3n) is 7.03. The Labute approximate surface area is 207 Å². The molecular formula is C27H37N5O3. The summed E-state index contributed by atoms with van der Waals surface area (Å²) in [6.45, 7) is 6.72. The number of amides is 1. The molecule has 1 aliphatic carbocycles. The number of aromatic nitrogens is 3. The van der Waals surface area contributed by atoms with E-state index in [-0.39, 0.29) is 6.10 Å². The van der Waals surface area contributed by atoms with E-state index in [2.05, 4.69) is 21.6 Å². The van der Waals surface area contributed by atoms with Gasteiger partial charge in [-0.3, -0.25) is 14.7 Å². The largest absolute Gasteiger partial charge is 0.495 e. The molecule has 2 aromatic heterocycles. The monoisotopic (exact) mass is 479 g/mol. The Morgan fingerprint density at radius 1 is 1.29 bits per heavy atom. The summed E-state index contributed by atoms with van der Waals surface area (Å²) in [6, 6.07) is 5.70. The molecule has 0 radical (unpaired) electrons. The summed E-state index contributed by atoms with van der Waals surface area (Å²) in [5.74, 6) is 2.63. The van der Waals surface area contributed by atoms with Gasteiger partial charge in [-0.2, -0.15) is 0 Å². The summed E-state index contributed by atoms with van der Waals surface area (Å²) in [6.07, 6.45) is 9.43. The number of nitrogens with two attached hydrogens (primary N) is 1. The van der Waals surface area contributed by atoms with Crippen LogP contribution in [0.25, 0.3) is 16.8 Å². The third-order valence-corrected chi connectivity index (χ3v) is 7.03. The van der Waals surface area contributed by atoms with Crippen LogP contribution in [0.1, 0.15) is 69.8 Å². The van der Waals surface area contributed by atoms with Crippen molar-refractivity contribution in [3.05, 3.63) is 42.1 Å². The number of rotatable bonds is 8. The fourth-order valence-corrected chi connectivity index (χ4v) is 5.09. The molecule has 1 unspecified atom stereocenters. The minimum absolute atomic E-state index is 0.143. The number of carbonyl (C=O) groups is 1. The van der Waals surface area contributed by atoms with Crippen LogP contribution in [-0.2, 0) is 4.74 Å². The first-order valence-electron chi connectivity index (χ1n) is 12.6. The highest BCUT2D eigenvalue weighted by molar-refractivity contribution is 5.89. The summed E-state index contributed by atoms with van der Waals surface area (Å²) in [4.78, 5) is 22.0. The zero-order valence-electron chi connectivity index (χ0n) is 21.2. The Kier molecular flexibility index (Phi) is 7.90. The van der Waals surface area contributed by atoms with Crippen molar-refractivity contribution in [3.63, 3.8) is 0 Å². The fourth-order valence-electron chi connectivity index (χ4n) is 5.09. The third kappa shape index (κ3) is 5.42. The van der Waals surface area contributed by atoms with Crippen molar-refractivity contribution < 1.29 is 14.3 Å². The molecule has 1 aliphatic rings. The molecule has 4 rings (SSSR count). The van der Waals surface area contributed by atoms with Crippen molar-refractivity contribution in [1.82, 2.24) is 14.4 Å². The molecule has 3 N–H and O–H groups in total. The summed E-state index contributed by atoms with van der Waals surface area (Å²) < 4.78 is 13.2. The van der Waals surface area contributed by atoms with Gasteiger partial charge in [0.2, 0.25) is 0 Å². The second-order valence-corrected chi connectivity index (χ2v) is 9.55. The predicted molar refractivity (Wildman–Crippen MR) is 138 cm³/mol. The van der Waals surface area contributed by atoms with Gasteiger partial charge in [-0.25, -0.2) is 9.78 Å². The van der Waals surface area contributed by atoms with Crippen LogP contribution in [0, 0.1) is 12.8 Å². The lowest BCUT2D eigenvalue weighted by Gasteiger charge is -2.26. The number of methoxy groups -OCH3 is 1. The van der Waals surface area contributed by atoms with Crippen LogP contribution >= 0.6 is 0 Å². The van der Waals surface area contributed by atoms with Gasteiger partial charge < -0.3 is 15.2 Å². The Morgan fingerprint density at radius 3 is 2.74 bits per heavy atom. The van der Waals surface area contributed by atoms with Gasteiger partial charge in [0, 0.05) is 23.9 Å². The molecule has 1 atom stereocenters. The average molecular weight is 480 g/mol. The van der Waals surface area contributed by atoms with Gasteiger partial charge in [-0.05, 0) is 70.5 Å². The van der Waals surface area contributed by atoms with E-state index in [9.17, 15) is 4.79 Å². The number of fused-ring (bicyclic) bond motifs is 1. The SMILES string of the molecule is CCCC(C)OC(=O)Nc1ccc(-c2nc([C@H]3CC[C@H](CN)CC3)n3ccnc(C)c23)cc1OC. The molecule has 1 saturated carbocycles. The van der Waals surface area contributed by atoms with Gasteiger partial charge in [0.1, 0.15) is 17.7 Å². The van der Waals surface area contributed by atoms with E-state index in [1.54, 1.807) is 7.11 Å². The summed E-state index contributed by atoms with van der Waals surface area (Å²) >= 11 is 0. The van der Waals surface area contributed by atoms with Gasteiger partial charge in [0.15, 0.2) is 0 Å². The molecule has 1 amide bonds. The standard InChI is InChI=1S/C27H37N5O3/c1-5-6-17(2)35-27(33)30-22-12-11-21(15-23(22)34-4)24-25-18(3)29-13-14-32(25)26(31-24)20-9-7-19(16-28)8-10-20/h11-15,17,19-20H,5-10,16,28H2,1-4H3,(H,30,33)/t17?,19-,20-. The average Bonchev–Trinajstić information content (AvgIpc) is 3.25. The molecule has 3 aromatic rings. The van der Waals surface area contributed by atoms with Crippen LogP contribution in [0.4, 0.5) is 10.5 Å². The van der Waals surface area contributed by atoms with Crippen molar-refractivity contribution in [1.29, 1.82) is 0 Å². The molecule has 1 aromatic carbocycles. The predicted octanol–water partition coefficient (Wildman–Crippen LogP) is 5.68. The highest BCUT2D eigenvalue weighted by Gasteiger charge is 2.27. The Bertz CT molecular complexity index is 1170. The number of carbonyl (C=O) groups excluding carboxylic acids is 1. The number of imidazole rings is 1. The minimum atomic E-state index is -0.486. The maximum absolute atomic E-state index is 12.3. The van der Waals surface area contributed by atoms with Crippen LogP contribution in [0.15, 0.2) is 30.6 Å². The maximum atomic E-state index is 12.3. The lowest BCUT2D eigenvalue weighted by Crippen LogP contribution is -2.21. The van der Waals surface area contributed by atoms with Gasteiger partial charge >= 0.3 is 6.09 Å². The lowest BCUT2D eigenvalue weighted by atomic mass is 9.81. The maximum Gasteiger partial charge on any atom is 0.412 e.